The number of fused-ring (bicyclic) bond motifs is 2. The van der Waals surface area contributed by atoms with Crippen molar-refractivity contribution in [1.82, 2.24) is 9.97 Å². The number of thiophene rings is 2. The van der Waals surface area contributed by atoms with Crippen molar-refractivity contribution in [2.75, 3.05) is 0 Å². The van der Waals surface area contributed by atoms with Crippen LogP contribution in [0.25, 0.3) is 42.7 Å². The van der Waals surface area contributed by atoms with E-state index in [0.29, 0.717) is 40.9 Å². The number of aromatic carboxylic acids is 1. The Kier molecular flexibility index (Phi) is 11.2. The van der Waals surface area contributed by atoms with E-state index in [9.17, 15) is 41.0 Å². The van der Waals surface area contributed by atoms with Gasteiger partial charge in [0, 0.05) is 61.1 Å². The summed E-state index contributed by atoms with van der Waals surface area (Å²) in [5.41, 5.74) is 8.57. The largest absolute Gasteiger partial charge is 0.478 e. The zero-order valence-corrected chi connectivity index (χ0v) is 31.6. The number of hydrogen-bond donors (Lipinski definition) is 2. The average molecular weight is 826 g/mol. The third-order valence-corrected chi connectivity index (χ3v) is 11.4. The first-order chi connectivity index (χ1) is 27.6. The Morgan fingerprint density at radius 3 is 1.43 bits per heavy atom. The first-order valence-corrected chi connectivity index (χ1v) is 19.1. The van der Waals surface area contributed by atoms with Crippen LogP contribution in [-0.2, 0) is 25.2 Å². The van der Waals surface area contributed by atoms with Gasteiger partial charge in [-0.25, -0.2) is 4.79 Å². The van der Waals surface area contributed by atoms with Gasteiger partial charge < -0.3 is 10.8 Å². The predicted molar refractivity (Wildman–Crippen MR) is 214 cm³/mol. The van der Waals surface area contributed by atoms with E-state index >= 15 is 0 Å². The van der Waals surface area contributed by atoms with Crippen molar-refractivity contribution >= 4 is 54.7 Å². The van der Waals surface area contributed by atoms with Gasteiger partial charge in [0.05, 0.1) is 28.1 Å². The smallest absolute Gasteiger partial charge is 0.416 e. The summed E-state index contributed by atoms with van der Waals surface area (Å²) in [6, 6.07) is 32.1. The molecule has 0 aliphatic heterocycles. The number of benzene rings is 4. The third-order valence-electron chi connectivity index (χ3n) is 9.06. The predicted octanol–water partition coefficient (Wildman–Crippen LogP) is 11.9. The number of carboxylic acids is 1. The lowest BCUT2D eigenvalue weighted by Crippen LogP contribution is -2.10. The number of amides is 1. The van der Waals surface area contributed by atoms with Crippen molar-refractivity contribution in [3.63, 3.8) is 0 Å². The van der Waals surface area contributed by atoms with E-state index in [1.54, 1.807) is 24.3 Å². The topological polar surface area (TPSA) is 106 Å². The van der Waals surface area contributed by atoms with E-state index in [1.807, 2.05) is 48.5 Å². The molecule has 0 saturated heterocycles. The molecule has 0 aliphatic rings. The van der Waals surface area contributed by atoms with E-state index < -0.39 is 35.4 Å². The zero-order valence-electron chi connectivity index (χ0n) is 29.9. The third kappa shape index (κ3) is 9.09. The molecule has 0 atom stereocenters. The fourth-order valence-corrected chi connectivity index (χ4v) is 8.80. The summed E-state index contributed by atoms with van der Waals surface area (Å²) in [5, 5.41) is 11.1. The molecule has 0 aliphatic carbocycles. The Morgan fingerprint density at radius 1 is 0.569 bits per heavy atom. The number of nitrogens with two attached hydrogens (primary N) is 1. The maximum atomic E-state index is 13.0. The van der Waals surface area contributed by atoms with Gasteiger partial charge in [0.1, 0.15) is 0 Å². The van der Waals surface area contributed by atoms with Crippen LogP contribution >= 0.6 is 22.7 Å². The number of aromatic nitrogens is 2. The van der Waals surface area contributed by atoms with Gasteiger partial charge in [-0.2, -0.15) is 26.3 Å². The highest BCUT2D eigenvalue weighted by molar-refractivity contribution is 7.20. The van der Waals surface area contributed by atoms with Crippen LogP contribution in [0.2, 0.25) is 0 Å². The zero-order chi connectivity index (χ0) is 41.2. The number of carboxylic acid groups (broad SMARTS) is 1. The Morgan fingerprint density at radius 2 is 1.00 bits per heavy atom. The summed E-state index contributed by atoms with van der Waals surface area (Å²) in [7, 11) is 0. The van der Waals surface area contributed by atoms with Gasteiger partial charge in [-0.1, -0.05) is 72.8 Å². The summed E-state index contributed by atoms with van der Waals surface area (Å²) in [6.07, 6.45) is -4.96. The van der Waals surface area contributed by atoms with Crippen molar-refractivity contribution in [3.8, 4) is 22.5 Å². The van der Waals surface area contributed by atoms with E-state index in [2.05, 4.69) is 9.97 Å². The van der Waals surface area contributed by atoms with Crippen LogP contribution < -0.4 is 5.73 Å². The van der Waals surface area contributed by atoms with Gasteiger partial charge in [0.15, 0.2) is 0 Å². The van der Waals surface area contributed by atoms with Crippen LogP contribution in [0.3, 0.4) is 0 Å². The van der Waals surface area contributed by atoms with Gasteiger partial charge in [-0.3, -0.25) is 14.8 Å². The molecule has 14 heteroatoms. The highest BCUT2D eigenvalue weighted by Crippen LogP contribution is 2.38. The highest BCUT2D eigenvalue weighted by atomic mass is 32.1. The minimum atomic E-state index is -4.37. The first kappa shape index (κ1) is 39.8. The van der Waals surface area contributed by atoms with Crippen LogP contribution in [0.15, 0.2) is 134 Å². The molecular formula is C44H29F6N3O3S2. The van der Waals surface area contributed by atoms with E-state index in [-0.39, 0.29) is 5.56 Å². The second kappa shape index (κ2) is 16.2. The molecule has 1 amide bonds. The molecule has 0 unspecified atom stereocenters. The molecule has 0 bridgehead atoms. The number of nitrogens with zero attached hydrogens (tertiary/aromatic N) is 2. The minimum Gasteiger partial charge on any atom is -0.478 e. The van der Waals surface area contributed by atoms with Crippen LogP contribution in [0.5, 0.6) is 0 Å². The molecule has 6 nitrogen and oxygen atoms in total. The molecule has 58 heavy (non-hydrogen) atoms. The van der Waals surface area contributed by atoms with Crippen LogP contribution in [-0.4, -0.2) is 27.0 Å². The van der Waals surface area contributed by atoms with Gasteiger partial charge in [0.25, 0.3) is 0 Å². The summed E-state index contributed by atoms with van der Waals surface area (Å²) < 4.78 is 79.7. The molecule has 0 spiro atoms. The molecule has 0 fully saturated rings. The summed E-state index contributed by atoms with van der Waals surface area (Å²) in [6.45, 7) is 0. The van der Waals surface area contributed by atoms with Crippen molar-refractivity contribution in [1.29, 1.82) is 0 Å². The summed E-state index contributed by atoms with van der Waals surface area (Å²) in [4.78, 5) is 33.2. The maximum absolute atomic E-state index is 13.0. The Bertz CT molecular complexity index is 2620. The fraction of sp³-hybridized carbons (Fsp3) is 0.0909. The molecule has 3 N–H and O–H groups in total. The molecule has 0 radical (unpaired) electrons. The number of carbonyl (C=O) groups is 2. The molecular weight excluding hydrogens is 797 g/mol. The molecule has 8 rings (SSSR count). The average Bonchev–Trinajstić information content (AvgIpc) is 3.81. The number of alkyl halides is 6. The van der Waals surface area contributed by atoms with Crippen LogP contribution in [0.1, 0.15) is 52.7 Å². The molecule has 292 valence electrons. The normalized spacial score (nSPS) is 11.7. The molecule has 4 aromatic carbocycles. The number of pyridine rings is 2. The van der Waals surface area contributed by atoms with E-state index in [4.69, 9.17) is 5.73 Å². The Labute approximate surface area is 334 Å². The highest BCUT2D eigenvalue weighted by Gasteiger charge is 2.31. The number of rotatable bonds is 8. The minimum absolute atomic E-state index is 0.146. The first-order valence-electron chi connectivity index (χ1n) is 17.4. The fourth-order valence-electron chi connectivity index (χ4n) is 6.37. The van der Waals surface area contributed by atoms with E-state index in [1.165, 1.54) is 71.5 Å². The van der Waals surface area contributed by atoms with Crippen molar-refractivity contribution < 1.29 is 41.0 Å². The monoisotopic (exact) mass is 825 g/mol. The Hall–Kier alpha value is -6.38. The lowest BCUT2D eigenvalue weighted by molar-refractivity contribution is -0.138. The molecule has 4 heterocycles. The summed E-state index contributed by atoms with van der Waals surface area (Å²) in [5.74, 6) is -1.56. The second-order valence-electron chi connectivity index (χ2n) is 13.2. The lowest BCUT2D eigenvalue weighted by atomic mass is 10.1. The van der Waals surface area contributed by atoms with Crippen molar-refractivity contribution in [2.24, 2.45) is 5.73 Å². The number of primary amides is 1. The van der Waals surface area contributed by atoms with E-state index in [0.717, 1.165) is 53.2 Å². The number of carbonyl (C=O) groups excluding carboxylic acids is 1. The standard InChI is InChI=1S/C22H15F3N2OS.C22H14F3NO2S/c23-22(24,25)16-5-1-3-13(9-16)10-17-11-14-4-2-6-18(20(14)29-17)19-12-15(21(26)28)7-8-27-19;23-22(24,25)16-5-1-3-13(9-16)10-17-11-14-4-2-6-18(20(14)29-17)19-12-15(21(27)28)7-8-26-19/h1-9,11-12H,10H2,(H2,26,28);1-9,11-12H,10H2,(H,27,28). The lowest BCUT2D eigenvalue weighted by Gasteiger charge is -2.08. The van der Waals surface area contributed by atoms with Gasteiger partial charge in [0.2, 0.25) is 5.91 Å². The molecule has 4 aromatic heterocycles. The van der Waals surface area contributed by atoms with Gasteiger partial charge in [-0.15, -0.1) is 22.7 Å². The number of halogens is 6. The number of hydrogen-bond acceptors (Lipinski definition) is 6. The van der Waals surface area contributed by atoms with Gasteiger partial charge in [-0.05, 0) is 70.4 Å². The van der Waals surface area contributed by atoms with Crippen molar-refractivity contribution in [2.45, 2.75) is 25.2 Å². The maximum Gasteiger partial charge on any atom is 0.416 e. The molecule has 0 saturated carbocycles. The second-order valence-corrected chi connectivity index (χ2v) is 15.4. The van der Waals surface area contributed by atoms with Crippen molar-refractivity contribution in [3.05, 3.63) is 177 Å². The SMILES string of the molecule is NC(=O)c1ccnc(-c2cccc3cc(Cc4cccc(C(F)(F)F)c4)sc23)c1.O=C(O)c1ccnc(-c2cccc3cc(Cc4cccc(C(F)(F)F)c4)sc23)c1. The summed E-state index contributed by atoms with van der Waals surface area (Å²) >= 11 is 2.98. The Balaban J connectivity index is 0.000000177. The van der Waals surface area contributed by atoms with Crippen LogP contribution in [0.4, 0.5) is 26.3 Å². The van der Waals surface area contributed by atoms with Crippen LogP contribution in [0, 0.1) is 0 Å². The molecule has 8 aromatic rings. The van der Waals surface area contributed by atoms with Gasteiger partial charge >= 0.3 is 18.3 Å². The quantitative estimate of drug-likeness (QED) is 0.148.